The van der Waals surface area contributed by atoms with Gasteiger partial charge in [-0.1, -0.05) is 32.9 Å². The van der Waals surface area contributed by atoms with Gasteiger partial charge in [-0.2, -0.15) is 0 Å². The van der Waals surface area contributed by atoms with E-state index in [0.717, 1.165) is 5.69 Å². The Morgan fingerprint density at radius 1 is 1.00 bits per heavy atom. The molecule has 0 saturated heterocycles. The molecule has 0 bridgehead atoms. The molecule has 150 valence electrons. The van der Waals surface area contributed by atoms with Crippen molar-refractivity contribution in [2.24, 2.45) is 0 Å². The number of aromatic nitrogens is 1. The number of nitrogens with one attached hydrogen (secondary N) is 2. The average Bonchev–Trinajstić information content (AvgIpc) is 2.66. The third-order valence-corrected chi connectivity index (χ3v) is 4.23. The second kappa shape index (κ2) is 9.88. The number of carbonyl (C=O) groups excluding carboxylic acids is 2. The molecule has 0 aliphatic rings. The summed E-state index contributed by atoms with van der Waals surface area (Å²) in [7, 11) is 0. The van der Waals surface area contributed by atoms with Crippen LogP contribution in [0.3, 0.4) is 0 Å². The molecular formula is C22H29N3O3. The summed E-state index contributed by atoms with van der Waals surface area (Å²) >= 11 is 0. The van der Waals surface area contributed by atoms with E-state index in [1.54, 1.807) is 18.3 Å². The third-order valence-electron chi connectivity index (χ3n) is 4.23. The molecule has 1 aromatic heterocycles. The van der Waals surface area contributed by atoms with Crippen LogP contribution in [-0.4, -0.2) is 36.5 Å². The van der Waals surface area contributed by atoms with Gasteiger partial charge in [-0.05, 0) is 48.6 Å². The van der Waals surface area contributed by atoms with Gasteiger partial charge in [0.05, 0.1) is 5.56 Å². The van der Waals surface area contributed by atoms with E-state index >= 15 is 0 Å². The SMILES string of the molecule is Cc1ccc(C(=O)NCCCNC(=O)COc2ccc(C(C)(C)C)cc2)cn1. The number of amides is 2. The van der Waals surface area contributed by atoms with Crippen LogP contribution < -0.4 is 15.4 Å². The van der Waals surface area contributed by atoms with Gasteiger partial charge in [0.25, 0.3) is 11.8 Å². The first-order valence-electron chi connectivity index (χ1n) is 9.46. The van der Waals surface area contributed by atoms with Gasteiger partial charge < -0.3 is 15.4 Å². The van der Waals surface area contributed by atoms with Crippen molar-refractivity contribution in [1.29, 1.82) is 0 Å². The van der Waals surface area contributed by atoms with Crippen molar-refractivity contribution >= 4 is 11.8 Å². The molecule has 2 rings (SSSR count). The summed E-state index contributed by atoms with van der Waals surface area (Å²) in [6, 6.07) is 11.3. The fourth-order valence-corrected chi connectivity index (χ4v) is 2.47. The van der Waals surface area contributed by atoms with Crippen LogP contribution in [0.5, 0.6) is 5.75 Å². The number of rotatable bonds is 8. The third kappa shape index (κ3) is 7.02. The zero-order valence-corrected chi connectivity index (χ0v) is 17.0. The maximum Gasteiger partial charge on any atom is 0.257 e. The van der Waals surface area contributed by atoms with Crippen LogP contribution in [0.1, 0.15) is 48.8 Å². The minimum Gasteiger partial charge on any atom is -0.484 e. The highest BCUT2D eigenvalue weighted by atomic mass is 16.5. The van der Waals surface area contributed by atoms with E-state index in [1.165, 1.54) is 5.56 Å². The molecule has 2 aromatic rings. The number of pyridine rings is 1. The second-order valence-electron chi connectivity index (χ2n) is 7.71. The number of nitrogens with zero attached hydrogens (tertiary/aromatic N) is 1. The Morgan fingerprint density at radius 2 is 1.68 bits per heavy atom. The lowest BCUT2D eigenvalue weighted by Gasteiger charge is -2.19. The number of hydrogen-bond acceptors (Lipinski definition) is 4. The second-order valence-corrected chi connectivity index (χ2v) is 7.71. The summed E-state index contributed by atoms with van der Waals surface area (Å²) in [5.41, 5.74) is 2.70. The van der Waals surface area contributed by atoms with Crippen molar-refractivity contribution in [2.45, 2.75) is 39.5 Å². The molecule has 6 nitrogen and oxygen atoms in total. The molecule has 2 amide bonds. The van der Waals surface area contributed by atoms with Crippen LogP contribution in [0.2, 0.25) is 0 Å². The van der Waals surface area contributed by atoms with E-state index in [4.69, 9.17) is 4.74 Å². The van der Waals surface area contributed by atoms with Gasteiger partial charge in [0.1, 0.15) is 5.75 Å². The minimum absolute atomic E-state index is 0.0315. The fraction of sp³-hybridized carbons (Fsp3) is 0.409. The Bertz CT molecular complexity index is 778. The summed E-state index contributed by atoms with van der Waals surface area (Å²) in [6.45, 7) is 9.23. The summed E-state index contributed by atoms with van der Waals surface area (Å²) in [5, 5.41) is 5.59. The van der Waals surface area contributed by atoms with Crippen molar-refractivity contribution in [3.8, 4) is 5.75 Å². The molecule has 1 aromatic carbocycles. The van der Waals surface area contributed by atoms with E-state index in [-0.39, 0.29) is 23.8 Å². The van der Waals surface area contributed by atoms with Crippen molar-refractivity contribution in [3.63, 3.8) is 0 Å². The monoisotopic (exact) mass is 383 g/mol. The smallest absolute Gasteiger partial charge is 0.257 e. The molecule has 28 heavy (non-hydrogen) atoms. The normalized spacial score (nSPS) is 11.0. The Hall–Kier alpha value is -2.89. The molecule has 6 heteroatoms. The average molecular weight is 383 g/mol. The van der Waals surface area contributed by atoms with Gasteiger partial charge in [0.15, 0.2) is 6.61 Å². The molecule has 0 spiro atoms. The summed E-state index contributed by atoms with van der Waals surface area (Å²) < 4.78 is 5.51. The van der Waals surface area contributed by atoms with Crippen molar-refractivity contribution in [2.75, 3.05) is 19.7 Å². The summed E-state index contributed by atoms with van der Waals surface area (Å²) in [6.07, 6.45) is 2.19. The van der Waals surface area contributed by atoms with E-state index in [9.17, 15) is 9.59 Å². The first-order valence-corrected chi connectivity index (χ1v) is 9.46. The van der Waals surface area contributed by atoms with E-state index in [0.29, 0.717) is 30.8 Å². The Morgan fingerprint density at radius 3 is 2.29 bits per heavy atom. The number of aryl methyl sites for hydroxylation is 1. The number of ether oxygens (including phenoxy) is 1. The highest BCUT2D eigenvalue weighted by molar-refractivity contribution is 5.93. The van der Waals surface area contributed by atoms with Gasteiger partial charge in [-0.25, -0.2) is 0 Å². The van der Waals surface area contributed by atoms with Gasteiger partial charge in [0, 0.05) is 25.0 Å². The summed E-state index contributed by atoms with van der Waals surface area (Å²) in [4.78, 5) is 27.9. The first kappa shape index (κ1) is 21.4. The zero-order chi connectivity index (χ0) is 20.6. The topological polar surface area (TPSA) is 80.3 Å². The molecule has 0 fully saturated rings. The maximum absolute atomic E-state index is 11.9. The van der Waals surface area contributed by atoms with Crippen molar-refractivity contribution in [1.82, 2.24) is 15.6 Å². The van der Waals surface area contributed by atoms with Crippen LogP contribution >= 0.6 is 0 Å². The molecule has 0 saturated carbocycles. The Labute approximate surface area is 166 Å². The number of benzene rings is 1. The Kier molecular flexibility index (Phi) is 7.55. The molecule has 0 atom stereocenters. The fourth-order valence-electron chi connectivity index (χ4n) is 2.47. The largest absolute Gasteiger partial charge is 0.484 e. The molecule has 0 unspecified atom stereocenters. The lowest BCUT2D eigenvalue weighted by atomic mass is 9.87. The molecule has 0 aliphatic carbocycles. The van der Waals surface area contributed by atoms with Gasteiger partial charge in [0.2, 0.25) is 0 Å². The highest BCUT2D eigenvalue weighted by Crippen LogP contribution is 2.24. The van der Waals surface area contributed by atoms with Crippen LogP contribution in [0.4, 0.5) is 0 Å². The summed E-state index contributed by atoms with van der Waals surface area (Å²) in [5.74, 6) is 0.317. The standard InChI is InChI=1S/C22H29N3O3/c1-16-6-7-17(14-25-16)21(27)24-13-5-12-23-20(26)15-28-19-10-8-18(9-11-19)22(2,3)4/h6-11,14H,5,12-13,15H2,1-4H3,(H,23,26)(H,24,27). The van der Waals surface area contributed by atoms with Gasteiger partial charge in [-0.3, -0.25) is 14.6 Å². The van der Waals surface area contributed by atoms with E-state index in [2.05, 4.69) is 36.4 Å². The lowest BCUT2D eigenvalue weighted by molar-refractivity contribution is -0.123. The highest BCUT2D eigenvalue weighted by Gasteiger charge is 2.13. The molecule has 1 heterocycles. The molecular weight excluding hydrogens is 354 g/mol. The molecule has 0 aliphatic heterocycles. The number of hydrogen-bond donors (Lipinski definition) is 2. The first-order chi connectivity index (χ1) is 13.3. The lowest BCUT2D eigenvalue weighted by Crippen LogP contribution is -2.32. The van der Waals surface area contributed by atoms with Crippen LogP contribution in [-0.2, 0) is 10.2 Å². The van der Waals surface area contributed by atoms with E-state index in [1.807, 2.05) is 31.2 Å². The minimum atomic E-state index is -0.186. The Balaban J connectivity index is 1.61. The zero-order valence-electron chi connectivity index (χ0n) is 17.0. The predicted octanol–water partition coefficient (Wildman–Crippen LogP) is 3.00. The van der Waals surface area contributed by atoms with Crippen molar-refractivity contribution in [3.05, 3.63) is 59.4 Å². The number of carbonyl (C=O) groups is 2. The predicted molar refractivity (Wildman–Crippen MR) is 110 cm³/mol. The molecule has 0 radical (unpaired) electrons. The van der Waals surface area contributed by atoms with Gasteiger partial charge in [-0.15, -0.1) is 0 Å². The van der Waals surface area contributed by atoms with Gasteiger partial charge >= 0.3 is 0 Å². The van der Waals surface area contributed by atoms with Crippen LogP contribution in [0, 0.1) is 6.92 Å². The van der Waals surface area contributed by atoms with Crippen LogP contribution in [0.15, 0.2) is 42.6 Å². The quantitative estimate of drug-likeness (QED) is 0.687. The molecule has 2 N–H and O–H groups in total. The van der Waals surface area contributed by atoms with Crippen LogP contribution in [0.25, 0.3) is 0 Å². The van der Waals surface area contributed by atoms with Crippen molar-refractivity contribution < 1.29 is 14.3 Å². The van der Waals surface area contributed by atoms with E-state index < -0.39 is 0 Å². The maximum atomic E-state index is 11.9.